The minimum absolute atomic E-state index is 0.135. The van der Waals surface area contributed by atoms with E-state index in [4.69, 9.17) is 23.7 Å². The lowest BCUT2D eigenvalue weighted by molar-refractivity contribution is -0.177. The molecular formula is C32H42N2O6. The average Bonchev–Trinajstić information content (AvgIpc) is 3.51. The first-order valence-electron chi connectivity index (χ1n) is 14.2. The van der Waals surface area contributed by atoms with E-state index in [1.165, 1.54) is 0 Å². The van der Waals surface area contributed by atoms with Gasteiger partial charge in [0, 0.05) is 35.5 Å². The predicted octanol–water partition coefficient (Wildman–Crippen LogP) is 7.33. The number of nitrogens with zero attached hydrogens (tertiary/aromatic N) is 1. The maximum Gasteiger partial charge on any atom is 0.419 e. The van der Waals surface area contributed by atoms with Crippen LogP contribution in [0.4, 0.5) is 10.5 Å². The number of hydrogen-bond donors (Lipinski definition) is 1. The van der Waals surface area contributed by atoms with Gasteiger partial charge in [0.1, 0.15) is 5.60 Å². The van der Waals surface area contributed by atoms with E-state index in [9.17, 15) is 4.79 Å². The van der Waals surface area contributed by atoms with E-state index in [-0.39, 0.29) is 11.7 Å². The van der Waals surface area contributed by atoms with Gasteiger partial charge in [-0.1, -0.05) is 13.8 Å². The zero-order valence-electron chi connectivity index (χ0n) is 24.8. The zero-order valence-corrected chi connectivity index (χ0v) is 24.8. The second-order valence-electron chi connectivity index (χ2n) is 12.1. The topological polar surface area (TPSA) is 80.2 Å². The third-order valence-electron chi connectivity index (χ3n) is 7.75. The first kappa shape index (κ1) is 28.3. The minimum atomic E-state index is -0.646. The lowest BCUT2D eigenvalue weighted by atomic mass is 9.89. The second kappa shape index (κ2) is 11.0. The molecular weight excluding hydrogens is 508 g/mol. The summed E-state index contributed by atoms with van der Waals surface area (Å²) in [5.74, 6) is 0.983. The van der Waals surface area contributed by atoms with Crippen LogP contribution in [0.1, 0.15) is 71.8 Å². The van der Waals surface area contributed by atoms with Crippen LogP contribution in [0.3, 0.4) is 0 Å². The summed E-state index contributed by atoms with van der Waals surface area (Å²) in [5, 5.41) is 4.76. The largest absolute Gasteiger partial charge is 0.493 e. The Balaban J connectivity index is 1.59. The molecule has 2 heterocycles. The highest BCUT2D eigenvalue weighted by molar-refractivity contribution is 6.01. The van der Waals surface area contributed by atoms with Crippen LogP contribution in [0, 0.1) is 0 Å². The van der Waals surface area contributed by atoms with E-state index in [1.54, 1.807) is 18.8 Å². The number of anilines is 1. The Morgan fingerprint density at radius 3 is 2.27 bits per heavy atom. The van der Waals surface area contributed by atoms with Gasteiger partial charge in [-0.2, -0.15) is 0 Å². The van der Waals surface area contributed by atoms with Gasteiger partial charge in [0.15, 0.2) is 17.3 Å². The highest BCUT2D eigenvalue weighted by atomic mass is 16.7. The van der Waals surface area contributed by atoms with Crippen molar-refractivity contribution in [3.8, 4) is 22.8 Å². The monoisotopic (exact) mass is 550 g/mol. The van der Waals surface area contributed by atoms with Gasteiger partial charge in [-0.15, -0.1) is 0 Å². The molecule has 0 unspecified atom stereocenters. The van der Waals surface area contributed by atoms with Crippen molar-refractivity contribution >= 4 is 22.7 Å². The van der Waals surface area contributed by atoms with E-state index < -0.39 is 11.7 Å². The third kappa shape index (κ3) is 5.52. The van der Waals surface area contributed by atoms with Gasteiger partial charge < -0.3 is 29.0 Å². The van der Waals surface area contributed by atoms with E-state index in [0.29, 0.717) is 30.8 Å². The van der Waals surface area contributed by atoms with Crippen molar-refractivity contribution in [1.82, 2.24) is 4.57 Å². The third-order valence-corrected chi connectivity index (χ3v) is 7.75. The molecule has 2 aromatic carbocycles. The lowest BCUT2D eigenvalue weighted by Crippen LogP contribution is -2.39. The van der Waals surface area contributed by atoms with Crippen molar-refractivity contribution in [2.75, 3.05) is 32.8 Å². The second-order valence-corrected chi connectivity index (χ2v) is 12.1. The van der Waals surface area contributed by atoms with Crippen molar-refractivity contribution in [1.29, 1.82) is 0 Å². The zero-order chi connectivity index (χ0) is 28.7. The molecule has 1 spiro atoms. The van der Waals surface area contributed by atoms with Crippen LogP contribution in [0.25, 0.3) is 22.2 Å². The fraction of sp³-hybridized carbons (Fsp3) is 0.531. The number of benzene rings is 2. The van der Waals surface area contributed by atoms with Gasteiger partial charge in [-0.25, -0.2) is 9.36 Å². The van der Waals surface area contributed by atoms with Gasteiger partial charge in [0.25, 0.3) is 0 Å². The van der Waals surface area contributed by atoms with Gasteiger partial charge >= 0.3 is 6.09 Å². The summed E-state index contributed by atoms with van der Waals surface area (Å²) in [6, 6.07) is 12.3. The van der Waals surface area contributed by atoms with Crippen LogP contribution in [0.5, 0.6) is 11.5 Å². The molecule has 3 aromatic rings. The molecule has 1 N–H and O–H groups in total. The lowest BCUT2D eigenvalue weighted by Gasteiger charge is -2.36. The molecule has 40 heavy (non-hydrogen) atoms. The Hall–Kier alpha value is -3.23. The van der Waals surface area contributed by atoms with Gasteiger partial charge in [-0.3, -0.25) is 0 Å². The molecule has 1 aliphatic carbocycles. The van der Waals surface area contributed by atoms with Crippen LogP contribution in [-0.4, -0.2) is 55.5 Å². The molecule has 2 aliphatic rings. The number of ether oxygens (including phenoxy) is 5. The van der Waals surface area contributed by atoms with Gasteiger partial charge in [0.2, 0.25) is 0 Å². The molecule has 8 heteroatoms. The van der Waals surface area contributed by atoms with Crippen LogP contribution in [-0.2, 0) is 14.2 Å². The minimum Gasteiger partial charge on any atom is -0.493 e. The molecule has 1 saturated heterocycles. The molecule has 1 aliphatic heterocycles. The Morgan fingerprint density at radius 1 is 1.00 bits per heavy atom. The molecule has 5 rings (SSSR count). The normalized spacial score (nSPS) is 17.5. The molecule has 0 atom stereocenters. The van der Waals surface area contributed by atoms with Gasteiger partial charge in [-0.05, 0) is 81.5 Å². The SMILES string of the molecule is COc1ccc(-c2c(C(C)C)c3cc(NC4CCC5(CC4)OCCO5)ccc3n2C(=O)OC(C)(C)C)cc1OC. The summed E-state index contributed by atoms with van der Waals surface area (Å²) in [6.07, 6.45) is 3.32. The van der Waals surface area contributed by atoms with Gasteiger partial charge in [0.05, 0.1) is 38.6 Å². The number of aromatic nitrogens is 1. The summed E-state index contributed by atoms with van der Waals surface area (Å²) in [4.78, 5) is 13.8. The Morgan fingerprint density at radius 2 is 1.68 bits per heavy atom. The molecule has 1 aromatic heterocycles. The number of methoxy groups -OCH3 is 2. The van der Waals surface area contributed by atoms with Crippen molar-refractivity contribution in [3.05, 3.63) is 42.0 Å². The van der Waals surface area contributed by atoms with Crippen molar-refractivity contribution in [3.63, 3.8) is 0 Å². The van der Waals surface area contributed by atoms with Crippen molar-refractivity contribution in [2.45, 2.75) is 83.6 Å². The molecule has 0 radical (unpaired) electrons. The molecule has 216 valence electrons. The Bertz CT molecular complexity index is 1370. The molecule has 2 fully saturated rings. The maximum absolute atomic E-state index is 13.8. The van der Waals surface area contributed by atoms with Crippen LogP contribution in [0.15, 0.2) is 36.4 Å². The van der Waals surface area contributed by atoms with E-state index in [1.807, 2.05) is 45.0 Å². The molecule has 8 nitrogen and oxygen atoms in total. The molecule has 1 saturated carbocycles. The summed E-state index contributed by atoms with van der Waals surface area (Å²) in [6.45, 7) is 11.3. The number of rotatable bonds is 6. The summed E-state index contributed by atoms with van der Waals surface area (Å²) < 4.78 is 30.5. The van der Waals surface area contributed by atoms with Crippen molar-refractivity contribution < 1.29 is 28.5 Å². The average molecular weight is 551 g/mol. The fourth-order valence-electron chi connectivity index (χ4n) is 5.98. The van der Waals surface area contributed by atoms with Crippen molar-refractivity contribution in [2.24, 2.45) is 0 Å². The van der Waals surface area contributed by atoms with Crippen LogP contribution >= 0.6 is 0 Å². The first-order chi connectivity index (χ1) is 19.0. The summed E-state index contributed by atoms with van der Waals surface area (Å²) >= 11 is 0. The summed E-state index contributed by atoms with van der Waals surface area (Å²) in [5.41, 5.74) is 3.92. The Labute approximate surface area is 236 Å². The number of carbonyl (C=O) groups excluding carboxylic acids is 1. The quantitative estimate of drug-likeness (QED) is 0.344. The highest BCUT2D eigenvalue weighted by Gasteiger charge is 2.40. The number of hydrogen-bond acceptors (Lipinski definition) is 7. The fourth-order valence-corrected chi connectivity index (χ4v) is 5.98. The number of carbonyl (C=O) groups is 1. The van der Waals surface area contributed by atoms with E-state index >= 15 is 0 Å². The van der Waals surface area contributed by atoms with E-state index in [2.05, 4.69) is 31.3 Å². The molecule has 0 bridgehead atoms. The van der Waals surface area contributed by atoms with Crippen LogP contribution < -0.4 is 14.8 Å². The Kier molecular flexibility index (Phi) is 7.77. The standard InChI is InChI=1S/C32H42N2O6/c1-20(2)28-24-19-23(33-22-12-14-32(15-13-22)38-16-17-39-32)9-10-25(24)34(30(35)40-31(3,4)5)29(28)21-8-11-26(36-6)27(18-21)37-7/h8-11,18-20,22,33H,12-17H2,1-7H3. The number of nitrogens with one attached hydrogen (secondary N) is 1. The summed E-state index contributed by atoms with van der Waals surface area (Å²) in [7, 11) is 3.23. The highest BCUT2D eigenvalue weighted by Crippen LogP contribution is 2.43. The predicted molar refractivity (Wildman–Crippen MR) is 157 cm³/mol. The molecule has 0 amide bonds. The number of fused-ring (bicyclic) bond motifs is 1. The maximum atomic E-state index is 13.8. The first-order valence-corrected chi connectivity index (χ1v) is 14.2. The smallest absolute Gasteiger partial charge is 0.419 e. The van der Waals surface area contributed by atoms with E-state index in [0.717, 1.165) is 59.1 Å². The van der Waals surface area contributed by atoms with Crippen LogP contribution in [0.2, 0.25) is 0 Å².